The topological polar surface area (TPSA) is 22.1 Å². The summed E-state index contributed by atoms with van der Waals surface area (Å²) in [6.45, 7) is 0. The molecule has 0 aliphatic rings. The second-order valence-corrected chi connectivity index (χ2v) is 2.59. The zero-order chi connectivity index (χ0) is 9.84. The number of rotatable bonds is 3. The Labute approximate surface area is 79.5 Å². The van der Waals surface area contributed by atoms with Gasteiger partial charge in [0.05, 0.1) is 18.7 Å². The highest BCUT2D eigenvalue weighted by Gasteiger charge is 2.11. The van der Waals surface area contributed by atoms with Gasteiger partial charge in [-0.15, -0.1) is 11.6 Å². The number of hydrogen-bond donors (Lipinski definition) is 0. The first kappa shape index (κ1) is 10.2. The van der Waals surface area contributed by atoms with E-state index in [-0.39, 0.29) is 11.6 Å². The number of alkyl halides is 3. The predicted octanol–water partition coefficient (Wildman–Crippen LogP) is 2.77. The van der Waals surface area contributed by atoms with Gasteiger partial charge in [-0.2, -0.15) is 0 Å². The standard InChI is InChI=1S/C8H8ClF2NO/c1-13-7-3-2-5(8(10)11)12-6(7)4-9/h2-3,8H,4H2,1H3. The maximum atomic E-state index is 12.2. The molecule has 0 bridgehead atoms. The predicted molar refractivity (Wildman–Crippen MR) is 45.3 cm³/mol. The van der Waals surface area contributed by atoms with Crippen LogP contribution in [0, 0.1) is 0 Å². The lowest BCUT2D eigenvalue weighted by Crippen LogP contribution is -1.97. The number of ether oxygens (including phenoxy) is 1. The highest BCUT2D eigenvalue weighted by molar-refractivity contribution is 6.17. The van der Waals surface area contributed by atoms with Gasteiger partial charge in [-0.3, -0.25) is 0 Å². The van der Waals surface area contributed by atoms with E-state index in [1.807, 2.05) is 0 Å². The average Bonchev–Trinajstić information content (AvgIpc) is 2.16. The maximum Gasteiger partial charge on any atom is 0.280 e. The van der Waals surface area contributed by atoms with Crippen molar-refractivity contribution >= 4 is 11.6 Å². The number of nitrogens with zero attached hydrogens (tertiary/aromatic N) is 1. The Kier molecular flexibility index (Phi) is 3.42. The van der Waals surface area contributed by atoms with Crippen LogP contribution in [0.4, 0.5) is 8.78 Å². The number of hydrogen-bond acceptors (Lipinski definition) is 2. The minimum Gasteiger partial charge on any atom is -0.495 e. The first-order valence-electron chi connectivity index (χ1n) is 3.57. The smallest absolute Gasteiger partial charge is 0.280 e. The molecular formula is C8H8ClF2NO. The van der Waals surface area contributed by atoms with Gasteiger partial charge in [0.15, 0.2) is 0 Å². The Morgan fingerprint density at radius 1 is 1.54 bits per heavy atom. The fourth-order valence-electron chi connectivity index (χ4n) is 0.909. The van der Waals surface area contributed by atoms with Crippen molar-refractivity contribution in [2.75, 3.05) is 7.11 Å². The normalized spacial score (nSPS) is 10.5. The van der Waals surface area contributed by atoms with Crippen molar-refractivity contribution < 1.29 is 13.5 Å². The summed E-state index contributed by atoms with van der Waals surface area (Å²) < 4.78 is 29.2. The molecule has 0 spiro atoms. The van der Waals surface area contributed by atoms with E-state index in [0.29, 0.717) is 11.4 Å². The van der Waals surface area contributed by atoms with Crippen LogP contribution in [-0.2, 0) is 5.88 Å². The first-order valence-corrected chi connectivity index (χ1v) is 4.10. The minimum absolute atomic E-state index is 0.0593. The molecule has 13 heavy (non-hydrogen) atoms. The number of aromatic nitrogens is 1. The molecule has 0 saturated carbocycles. The largest absolute Gasteiger partial charge is 0.495 e. The average molecular weight is 208 g/mol. The third-order valence-electron chi connectivity index (χ3n) is 1.52. The van der Waals surface area contributed by atoms with Crippen LogP contribution in [0.3, 0.4) is 0 Å². The van der Waals surface area contributed by atoms with Crippen LogP contribution in [0.1, 0.15) is 17.8 Å². The summed E-state index contributed by atoms with van der Waals surface area (Å²) in [5, 5.41) is 0. The molecule has 0 fully saturated rings. The summed E-state index contributed by atoms with van der Waals surface area (Å²) in [5.74, 6) is 0.489. The molecule has 0 aliphatic heterocycles. The van der Waals surface area contributed by atoms with E-state index in [2.05, 4.69) is 4.98 Å². The summed E-state index contributed by atoms with van der Waals surface area (Å²) in [5.41, 5.74) is 0.0541. The quantitative estimate of drug-likeness (QED) is 0.711. The van der Waals surface area contributed by atoms with E-state index in [9.17, 15) is 8.78 Å². The Morgan fingerprint density at radius 3 is 2.69 bits per heavy atom. The van der Waals surface area contributed by atoms with Crippen LogP contribution >= 0.6 is 11.6 Å². The van der Waals surface area contributed by atoms with Crippen LogP contribution in [0.5, 0.6) is 5.75 Å². The van der Waals surface area contributed by atoms with Crippen molar-refractivity contribution in [2.24, 2.45) is 0 Å². The molecule has 0 atom stereocenters. The molecule has 0 N–H and O–H groups in total. The highest BCUT2D eigenvalue weighted by atomic mass is 35.5. The van der Waals surface area contributed by atoms with Gasteiger partial charge in [0.25, 0.3) is 6.43 Å². The molecule has 1 aromatic heterocycles. The molecule has 1 heterocycles. The van der Waals surface area contributed by atoms with Crippen LogP contribution in [0.25, 0.3) is 0 Å². The van der Waals surface area contributed by atoms with Crippen LogP contribution in [-0.4, -0.2) is 12.1 Å². The van der Waals surface area contributed by atoms with Gasteiger partial charge < -0.3 is 4.74 Å². The first-order chi connectivity index (χ1) is 6.19. The highest BCUT2D eigenvalue weighted by Crippen LogP contribution is 2.23. The minimum atomic E-state index is -2.58. The van der Waals surface area contributed by atoms with E-state index in [4.69, 9.17) is 16.3 Å². The van der Waals surface area contributed by atoms with E-state index in [0.717, 1.165) is 0 Å². The van der Waals surface area contributed by atoms with Crippen molar-refractivity contribution in [2.45, 2.75) is 12.3 Å². The van der Waals surface area contributed by atoms with Crippen LogP contribution < -0.4 is 4.74 Å². The van der Waals surface area contributed by atoms with Crippen molar-refractivity contribution in [3.63, 3.8) is 0 Å². The molecule has 0 amide bonds. The molecule has 0 radical (unpaired) electrons. The summed E-state index contributed by atoms with van der Waals surface area (Å²) in [7, 11) is 1.44. The molecule has 0 unspecified atom stereocenters. The molecule has 1 aromatic rings. The van der Waals surface area contributed by atoms with Crippen molar-refractivity contribution in [3.8, 4) is 5.75 Å². The van der Waals surface area contributed by atoms with E-state index < -0.39 is 6.43 Å². The fourth-order valence-corrected chi connectivity index (χ4v) is 1.10. The van der Waals surface area contributed by atoms with Gasteiger partial charge in [0, 0.05) is 0 Å². The van der Waals surface area contributed by atoms with Gasteiger partial charge in [0.1, 0.15) is 11.4 Å². The summed E-state index contributed by atoms with van der Waals surface area (Å²) in [6, 6.07) is 2.66. The molecule has 0 aromatic carbocycles. The summed E-state index contributed by atoms with van der Waals surface area (Å²) >= 11 is 5.50. The molecule has 0 aliphatic carbocycles. The third kappa shape index (κ3) is 2.28. The van der Waals surface area contributed by atoms with Crippen molar-refractivity contribution in [1.82, 2.24) is 4.98 Å². The van der Waals surface area contributed by atoms with Gasteiger partial charge >= 0.3 is 0 Å². The molecular weight excluding hydrogens is 200 g/mol. The van der Waals surface area contributed by atoms with Gasteiger partial charge in [-0.05, 0) is 12.1 Å². The summed E-state index contributed by atoms with van der Waals surface area (Å²) in [6.07, 6.45) is -2.58. The molecule has 5 heteroatoms. The third-order valence-corrected chi connectivity index (χ3v) is 1.78. The summed E-state index contributed by atoms with van der Waals surface area (Å²) in [4.78, 5) is 3.65. The van der Waals surface area contributed by atoms with Crippen molar-refractivity contribution in [1.29, 1.82) is 0 Å². The monoisotopic (exact) mass is 207 g/mol. The molecule has 0 saturated heterocycles. The Balaban J connectivity index is 3.05. The second kappa shape index (κ2) is 4.37. The fraction of sp³-hybridized carbons (Fsp3) is 0.375. The van der Waals surface area contributed by atoms with E-state index in [1.54, 1.807) is 0 Å². The Hall–Kier alpha value is -0.900. The lowest BCUT2D eigenvalue weighted by Gasteiger charge is -2.06. The van der Waals surface area contributed by atoms with Gasteiger partial charge in [0.2, 0.25) is 0 Å². The van der Waals surface area contributed by atoms with Crippen molar-refractivity contribution in [3.05, 3.63) is 23.5 Å². The van der Waals surface area contributed by atoms with Crippen LogP contribution in [0.15, 0.2) is 12.1 Å². The van der Waals surface area contributed by atoms with Crippen LogP contribution in [0.2, 0.25) is 0 Å². The lowest BCUT2D eigenvalue weighted by atomic mass is 10.3. The molecule has 1 rings (SSSR count). The second-order valence-electron chi connectivity index (χ2n) is 2.32. The SMILES string of the molecule is COc1ccc(C(F)F)nc1CCl. The van der Waals surface area contributed by atoms with Gasteiger partial charge in [-0.25, -0.2) is 13.8 Å². The zero-order valence-corrected chi connectivity index (χ0v) is 7.68. The number of halogens is 3. The molecule has 2 nitrogen and oxygen atoms in total. The van der Waals surface area contributed by atoms with Gasteiger partial charge in [-0.1, -0.05) is 0 Å². The number of pyridine rings is 1. The molecule has 72 valence electrons. The lowest BCUT2D eigenvalue weighted by molar-refractivity contribution is 0.145. The van der Waals surface area contributed by atoms with E-state index >= 15 is 0 Å². The maximum absolute atomic E-state index is 12.2. The van der Waals surface area contributed by atoms with E-state index in [1.165, 1.54) is 19.2 Å². The Morgan fingerprint density at radius 2 is 2.23 bits per heavy atom. The zero-order valence-electron chi connectivity index (χ0n) is 6.93. The Bertz CT molecular complexity index is 293. The number of methoxy groups -OCH3 is 1.